The molecule has 24 heavy (non-hydrogen) atoms. The van der Waals surface area contributed by atoms with Crippen LogP contribution in [0.3, 0.4) is 0 Å². The van der Waals surface area contributed by atoms with Crippen LogP contribution >= 0.6 is 24.8 Å². The fraction of sp³-hybridized carbons (Fsp3) is 1.00. The predicted octanol–water partition coefficient (Wildman–Crippen LogP) is 2.47. The third-order valence-electron chi connectivity index (χ3n) is 7.35. The van der Waals surface area contributed by atoms with Gasteiger partial charge in [-0.3, -0.25) is 4.90 Å². The van der Waals surface area contributed by atoms with Gasteiger partial charge in [-0.15, -0.1) is 24.8 Å². The molecule has 142 valence electrons. The molecule has 0 aromatic carbocycles. The van der Waals surface area contributed by atoms with E-state index in [-0.39, 0.29) is 30.2 Å². The smallest absolute Gasteiger partial charge is 0.0559 e. The molecule has 4 fully saturated rings. The van der Waals surface area contributed by atoms with Crippen LogP contribution in [-0.2, 0) is 4.74 Å². The Morgan fingerprint density at radius 3 is 2.38 bits per heavy atom. The summed E-state index contributed by atoms with van der Waals surface area (Å²) in [5, 5.41) is 13.5. The number of aliphatic hydroxyl groups is 1. The zero-order valence-electron chi connectivity index (χ0n) is 14.7. The van der Waals surface area contributed by atoms with Gasteiger partial charge in [0.25, 0.3) is 0 Å². The second-order valence-corrected chi connectivity index (χ2v) is 8.47. The van der Waals surface area contributed by atoms with E-state index in [1.165, 1.54) is 58.2 Å². The van der Waals surface area contributed by atoms with Crippen molar-refractivity contribution >= 4 is 24.8 Å². The van der Waals surface area contributed by atoms with Crippen LogP contribution in [0, 0.1) is 16.7 Å². The number of hydrogen-bond donors (Lipinski definition) is 2. The van der Waals surface area contributed by atoms with Gasteiger partial charge in [0.05, 0.1) is 13.2 Å². The maximum Gasteiger partial charge on any atom is 0.0559 e. The van der Waals surface area contributed by atoms with Gasteiger partial charge in [-0.25, -0.2) is 0 Å². The van der Waals surface area contributed by atoms with Crippen LogP contribution in [0.5, 0.6) is 0 Å². The Bertz CT molecular complexity index is 396. The first-order valence-electron chi connectivity index (χ1n) is 9.39. The molecule has 6 heteroatoms. The molecular weight excluding hydrogens is 347 g/mol. The van der Waals surface area contributed by atoms with Crippen molar-refractivity contribution in [3.8, 4) is 0 Å². The zero-order valence-corrected chi connectivity index (χ0v) is 16.3. The number of hydrogen-bond acceptors (Lipinski definition) is 4. The molecule has 0 amide bonds. The second kappa shape index (κ2) is 8.41. The van der Waals surface area contributed by atoms with Crippen molar-refractivity contribution < 1.29 is 9.84 Å². The molecule has 0 bridgehead atoms. The topological polar surface area (TPSA) is 44.7 Å². The van der Waals surface area contributed by atoms with E-state index in [9.17, 15) is 5.11 Å². The first kappa shape index (κ1) is 20.7. The Hall–Kier alpha value is 0.420. The molecule has 2 N–H and O–H groups in total. The third kappa shape index (κ3) is 3.74. The van der Waals surface area contributed by atoms with Gasteiger partial charge in [-0.2, -0.15) is 0 Å². The lowest BCUT2D eigenvalue weighted by molar-refractivity contribution is -0.0570. The fourth-order valence-corrected chi connectivity index (χ4v) is 5.68. The molecule has 0 aromatic rings. The highest BCUT2D eigenvalue weighted by atomic mass is 35.5. The lowest BCUT2D eigenvalue weighted by atomic mass is 9.67. The van der Waals surface area contributed by atoms with Crippen molar-refractivity contribution in [2.75, 3.05) is 46.0 Å². The Kier molecular flexibility index (Phi) is 7.26. The highest BCUT2D eigenvalue weighted by Gasteiger charge is 2.50. The van der Waals surface area contributed by atoms with E-state index in [2.05, 4.69) is 10.2 Å². The van der Waals surface area contributed by atoms with Crippen molar-refractivity contribution in [2.45, 2.75) is 51.0 Å². The van der Waals surface area contributed by atoms with E-state index in [0.29, 0.717) is 17.9 Å². The van der Waals surface area contributed by atoms with Crippen LogP contribution in [0.2, 0.25) is 0 Å². The zero-order chi connectivity index (χ0) is 15.0. The first-order chi connectivity index (χ1) is 10.8. The molecule has 3 saturated heterocycles. The van der Waals surface area contributed by atoms with Gasteiger partial charge in [0.2, 0.25) is 0 Å². The number of ether oxygens (including phenoxy) is 1. The van der Waals surface area contributed by atoms with Gasteiger partial charge in [-0.05, 0) is 69.4 Å². The average molecular weight is 381 g/mol. The van der Waals surface area contributed by atoms with Crippen LogP contribution in [0.25, 0.3) is 0 Å². The van der Waals surface area contributed by atoms with Crippen molar-refractivity contribution in [1.29, 1.82) is 0 Å². The number of piperidine rings is 1. The molecule has 3 heterocycles. The highest BCUT2D eigenvalue weighted by Crippen LogP contribution is 2.47. The highest BCUT2D eigenvalue weighted by molar-refractivity contribution is 5.85. The fourth-order valence-electron chi connectivity index (χ4n) is 5.68. The van der Waals surface area contributed by atoms with Gasteiger partial charge in [0, 0.05) is 31.2 Å². The van der Waals surface area contributed by atoms with Crippen LogP contribution in [0.15, 0.2) is 0 Å². The number of nitrogens with zero attached hydrogens (tertiary/aromatic N) is 1. The summed E-state index contributed by atoms with van der Waals surface area (Å²) in [6.07, 6.45) is 9.49. The van der Waals surface area contributed by atoms with E-state index in [4.69, 9.17) is 4.74 Å². The number of fused-ring (bicyclic) bond motifs is 1. The number of rotatable bonds is 2. The lowest BCUT2D eigenvalue weighted by Crippen LogP contribution is -2.45. The molecule has 1 aliphatic carbocycles. The quantitative estimate of drug-likeness (QED) is 0.772. The number of aliphatic hydroxyl groups excluding tert-OH is 1. The summed E-state index contributed by atoms with van der Waals surface area (Å²) < 4.78 is 5.71. The molecule has 4 nitrogen and oxygen atoms in total. The van der Waals surface area contributed by atoms with Crippen molar-refractivity contribution in [3.63, 3.8) is 0 Å². The minimum Gasteiger partial charge on any atom is -0.396 e. The summed E-state index contributed by atoms with van der Waals surface area (Å²) in [6.45, 7) is 6.67. The van der Waals surface area contributed by atoms with Crippen molar-refractivity contribution in [2.24, 2.45) is 16.7 Å². The van der Waals surface area contributed by atoms with Crippen molar-refractivity contribution in [3.05, 3.63) is 0 Å². The maximum atomic E-state index is 9.95. The predicted molar refractivity (Wildman–Crippen MR) is 101 cm³/mol. The van der Waals surface area contributed by atoms with Crippen molar-refractivity contribution in [1.82, 2.24) is 10.2 Å². The minimum atomic E-state index is 0. The second-order valence-electron chi connectivity index (χ2n) is 8.47. The normalized spacial score (nSPS) is 36.6. The standard InChI is InChI=1S/C18H32N2O2.2ClH/c21-13-18-12-20(11-15(18)3-10-22-14-18)16-1-4-17(5-2-16)6-8-19-9-7-17;;/h15-16,19,21H,1-14H2;2*1H/t15-,18+;;/m0../s1. The largest absolute Gasteiger partial charge is 0.396 e. The monoisotopic (exact) mass is 380 g/mol. The maximum absolute atomic E-state index is 9.95. The Morgan fingerprint density at radius 1 is 1.04 bits per heavy atom. The molecule has 1 saturated carbocycles. The van der Waals surface area contributed by atoms with E-state index >= 15 is 0 Å². The molecule has 1 spiro atoms. The van der Waals surface area contributed by atoms with E-state index in [1.807, 2.05) is 0 Å². The van der Waals surface area contributed by atoms with Gasteiger partial charge < -0.3 is 15.2 Å². The first-order valence-corrected chi connectivity index (χ1v) is 9.39. The van der Waals surface area contributed by atoms with E-state index in [1.54, 1.807) is 0 Å². The van der Waals surface area contributed by atoms with Gasteiger partial charge in [0.15, 0.2) is 0 Å². The Morgan fingerprint density at radius 2 is 1.75 bits per heavy atom. The molecule has 3 aliphatic heterocycles. The third-order valence-corrected chi connectivity index (χ3v) is 7.35. The molecule has 2 atom stereocenters. The minimum absolute atomic E-state index is 0. The van der Waals surface area contributed by atoms with Gasteiger partial charge in [0.1, 0.15) is 0 Å². The summed E-state index contributed by atoms with van der Waals surface area (Å²) in [5.74, 6) is 0.654. The van der Waals surface area contributed by atoms with Gasteiger partial charge >= 0.3 is 0 Å². The summed E-state index contributed by atoms with van der Waals surface area (Å²) in [7, 11) is 0. The number of nitrogens with one attached hydrogen (secondary N) is 1. The molecule has 4 rings (SSSR count). The summed E-state index contributed by atoms with van der Waals surface area (Å²) in [4.78, 5) is 2.71. The van der Waals surface area contributed by atoms with Crippen LogP contribution in [0.1, 0.15) is 44.9 Å². The molecule has 0 aromatic heterocycles. The molecule has 4 aliphatic rings. The van der Waals surface area contributed by atoms with E-state index < -0.39 is 0 Å². The number of likely N-dealkylation sites (tertiary alicyclic amines) is 1. The average Bonchev–Trinajstić information content (AvgIpc) is 2.96. The van der Waals surface area contributed by atoms with Gasteiger partial charge in [-0.1, -0.05) is 0 Å². The lowest BCUT2D eigenvalue weighted by Gasteiger charge is -2.45. The van der Waals surface area contributed by atoms with Crippen LogP contribution in [-0.4, -0.2) is 62.0 Å². The molecular formula is C18H34Cl2N2O2. The van der Waals surface area contributed by atoms with Crippen LogP contribution in [0.4, 0.5) is 0 Å². The SMILES string of the molecule is Cl.Cl.OC[C@]12COCC[C@H]1CN(C1CCC3(CCNCC3)CC1)C2. The number of halogens is 2. The Balaban J connectivity index is 0.00000104. The summed E-state index contributed by atoms with van der Waals surface area (Å²) in [5.41, 5.74) is 0.703. The van der Waals surface area contributed by atoms with E-state index in [0.717, 1.165) is 32.2 Å². The summed E-state index contributed by atoms with van der Waals surface area (Å²) >= 11 is 0. The molecule has 0 unspecified atom stereocenters. The Labute approximate surface area is 158 Å². The summed E-state index contributed by atoms with van der Waals surface area (Å²) in [6, 6.07) is 0.759. The molecule has 0 radical (unpaired) electrons. The van der Waals surface area contributed by atoms with Crippen LogP contribution < -0.4 is 5.32 Å².